The van der Waals surface area contributed by atoms with E-state index < -0.39 is 0 Å². The van der Waals surface area contributed by atoms with Crippen molar-refractivity contribution in [2.24, 2.45) is 0 Å². The molecule has 2 aliphatic rings. The van der Waals surface area contributed by atoms with Crippen molar-refractivity contribution in [3.05, 3.63) is 58.5 Å². The van der Waals surface area contributed by atoms with Crippen molar-refractivity contribution in [2.75, 3.05) is 31.2 Å². The summed E-state index contributed by atoms with van der Waals surface area (Å²) in [5.74, 6) is 0. The van der Waals surface area contributed by atoms with Crippen LogP contribution in [0.3, 0.4) is 0 Å². The number of rotatable bonds is 2. The van der Waals surface area contributed by atoms with Crippen molar-refractivity contribution in [2.45, 2.75) is 25.4 Å². The molecular formula is C20H21ClN5O. The minimum atomic E-state index is 0.0437. The molecule has 4 heterocycles. The Hall–Kier alpha value is -2.15. The Balaban J connectivity index is 1.43. The van der Waals surface area contributed by atoms with Crippen molar-refractivity contribution in [1.29, 1.82) is 0 Å². The van der Waals surface area contributed by atoms with Gasteiger partial charge in [-0.05, 0) is 36.6 Å². The molecule has 1 aromatic carbocycles. The van der Waals surface area contributed by atoms with E-state index in [2.05, 4.69) is 40.1 Å². The highest BCUT2D eigenvalue weighted by Gasteiger charge is 2.28. The molecule has 5 rings (SSSR count). The Labute approximate surface area is 163 Å². The standard InChI is InChI=1S/C20H21ClN5O/c1-13-17-9-16(25-4-6-27-7-5-25)3-2-14(17)8-18(23-13)19-10-20-22-11-15(21)12-26(20)24-19/h2-3,9-13,18H,4-8H2,1H3. The van der Waals surface area contributed by atoms with Crippen LogP contribution in [-0.4, -0.2) is 40.9 Å². The number of aromatic nitrogens is 3. The summed E-state index contributed by atoms with van der Waals surface area (Å²) >= 11 is 6.02. The van der Waals surface area contributed by atoms with Crippen LogP contribution >= 0.6 is 11.6 Å². The first kappa shape index (κ1) is 17.0. The number of benzene rings is 1. The number of nitrogens with zero attached hydrogens (tertiary/aromatic N) is 5. The molecule has 27 heavy (non-hydrogen) atoms. The van der Waals surface area contributed by atoms with Gasteiger partial charge in [0.2, 0.25) is 0 Å². The minimum absolute atomic E-state index is 0.0437. The molecule has 1 saturated heterocycles. The number of anilines is 1. The van der Waals surface area contributed by atoms with Crippen molar-refractivity contribution in [3.8, 4) is 0 Å². The van der Waals surface area contributed by atoms with Crippen LogP contribution in [0.2, 0.25) is 5.02 Å². The Morgan fingerprint density at radius 2 is 2.04 bits per heavy atom. The first-order valence-corrected chi connectivity index (χ1v) is 9.71. The second kappa shape index (κ2) is 6.78. The number of halogens is 1. The van der Waals surface area contributed by atoms with Crippen LogP contribution in [0.4, 0.5) is 5.69 Å². The quantitative estimate of drug-likeness (QED) is 0.683. The van der Waals surface area contributed by atoms with Crippen molar-refractivity contribution >= 4 is 22.9 Å². The van der Waals surface area contributed by atoms with Crippen LogP contribution in [0, 0.1) is 0 Å². The Bertz CT molecular complexity index is 982. The lowest BCUT2D eigenvalue weighted by Crippen LogP contribution is -2.36. The summed E-state index contributed by atoms with van der Waals surface area (Å²) in [5, 5.41) is 10.2. The predicted octanol–water partition coefficient (Wildman–Crippen LogP) is 3.18. The van der Waals surface area contributed by atoms with Crippen LogP contribution in [0.1, 0.15) is 35.8 Å². The second-order valence-electron chi connectivity index (χ2n) is 7.17. The SMILES string of the molecule is CC1[N]C(c2cc3ncc(Cl)cn3n2)Cc2ccc(N3CCOCC3)cc21. The Kier molecular flexibility index (Phi) is 4.27. The number of hydrogen-bond donors (Lipinski definition) is 0. The molecule has 0 bridgehead atoms. The molecule has 1 radical (unpaired) electrons. The van der Waals surface area contributed by atoms with Gasteiger partial charge in [0, 0.05) is 37.1 Å². The normalized spacial score (nSPS) is 22.8. The fourth-order valence-corrected chi connectivity index (χ4v) is 4.14. The summed E-state index contributed by atoms with van der Waals surface area (Å²) in [6.45, 7) is 5.66. The third-order valence-corrected chi connectivity index (χ3v) is 5.61. The average Bonchev–Trinajstić information content (AvgIpc) is 3.11. The summed E-state index contributed by atoms with van der Waals surface area (Å²) in [5.41, 5.74) is 5.68. The number of fused-ring (bicyclic) bond motifs is 2. The summed E-state index contributed by atoms with van der Waals surface area (Å²) in [4.78, 5) is 6.72. The van der Waals surface area contributed by atoms with Gasteiger partial charge in [0.25, 0.3) is 0 Å². The van der Waals surface area contributed by atoms with Crippen molar-refractivity contribution in [1.82, 2.24) is 19.9 Å². The molecule has 2 aliphatic heterocycles. The second-order valence-corrected chi connectivity index (χ2v) is 7.61. The van der Waals surface area contributed by atoms with Crippen LogP contribution in [0.5, 0.6) is 0 Å². The van der Waals surface area contributed by atoms with E-state index in [1.54, 1.807) is 16.9 Å². The molecule has 6 nitrogen and oxygen atoms in total. The number of morpholine rings is 1. The van der Waals surface area contributed by atoms with Crippen LogP contribution in [0.25, 0.3) is 5.65 Å². The fourth-order valence-electron chi connectivity index (χ4n) is 4.00. The van der Waals surface area contributed by atoms with E-state index >= 15 is 0 Å². The minimum Gasteiger partial charge on any atom is -0.378 e. The van der Waals surface area contributed by atoms with Crippen LogP contribution < -0.4 is 10.2 Å². The first-order chi connectivity index (χ1) is 13.2. The molecule has 0 amide bonds. The third-order valence-electron chi connectivity index (χ3n) is 5.41. The summed E-state index contributed by atoms with van der Waals surface area (Å²) in [6.07, 6.45) is 4.29. The van der Waals surface area contributed by atoms with E-state index in [-0.39, 0.29) is 12.1 Å². The van der Waals surface area contributed by atoms with Crippen LogP contribution in [-0.2, 0) is 11.2 Å². The summed E-state index contributed by atoms with van der Waals surface area (Å²) < 4.78 is 7.20. The molecule has 0 spiro atoms. The van der Waals surface area contributed by atoms with Gasteiger partial charge in [0.05, 0.1) is 36.2 Å². The zero-order chi connectivity index (χ0) is 18.4. The largest absolute Gasteiger partial charge is 0.378 e. The molecule has 0 aliphatic carbocycles. The summed E-state index contributed by atoms with van der Waals surface area (Å²) in [7, 11) is 0. The van der Waals surface area contributed by atoms with Crippen molar-refractivity contribution in [3.63, 3.8) is 0 Å². The Morgan fingerprint density at radius 3 is 2.89 bits per heavy atom. The maximum absolute atomic E-state index is 6.02. The molecule has 139 valence electrons. The Morgan fingerprint density at radius 1 is 1.19 bits per heavy atom. The van der Waals surface area contributed by atoms with Gasteiger partial charge >= 0.3 is 0 Å². The van der Waals surface area contributed by atoms with E-state index in [1.165, 1.54) is 16.8 Å². The van der Waals surface area contributed by atoms with Crippen molar-refractivity contribution < 1.29 is 4.74 Å². The number of ether oxygens (including phenoxy) is 1. The lowest BCUT2D eigenvalue weighted by Gasteiger charge is -2.32. The van der Waals surface area contributed by atoms with E-state index in [1.807, 2.05) is 6.07 Å². The van der Waals surface area contributed by atoms with Gasteiger partial charge in [-0.15, -0.1) is 0 Å². The maximum Gasteiger partial charge on any atom is 0.155 e. The monoisotopic (exact) mass is 382 g/mol. The van der Waals surface area contributed by atoms with E-state index in [4.69, 9.17) is 21.7 Å². The van der Waals surface area contributed by atoms with E-state index in [0.29, 0.717) is 5.02 Å². The molecular weight excluding hydrogens is 362 g/mol. The molecule has 2 aromatic heterocycles. The fraction of sp³-hybridized carbons (Fsp3) is 0.400. The molecule has 1 fully saturated rings. The average molecular weight is 383 g/mol. The van der Waals surface area contributed by atoms with Gasteiger partial charge in [-0.25, -0.2) is 14.8 Å². The smallest absolute Gasteiger partial charge is 0.155 e. The van der Waals surface area contributed by atoms with Gasteiger partial charge < -0.3 is 9.64 Å². The van der Waals surface area contributed by atoms with Gasteiger partial charge in [-0.2, -0.15) is 5.10 Å². The van der Waals surface area contributed by atoms with Crippen LogP contribution in [0.15, 0.2) is 36.7 Å². The van der Waals surface area contributed by atoms with E-state index in [9.17, 15) is 0 Å². The molecule has 7 heteroatoms. The molecule has 3 aromatic rings. The van der Waals surface area contributed by atoms with Gasteiger partial charge in [-0.3, -0.25) is 0 Å². The number of hydrogen-bond acceptors (Lipinski definition) is 4. The van der Waals surface area contributed by atoms with E-state index in [0.717, 1.165) is 44.1 Å². The highest BCUT2D eigenvalue weighted by molar-refractivity contribution is 6.30. The molecule has 0 saturated carbocycles. The zero-order valence-electron chi connectivity index (χ0n) is 15.2. The van der Waals surface area contributed by atoms with Gasteiger partial charge in [0.15, 0.2) is 5.65 Å². The predicted molar refractivity (Wildman–Crippen MR) is 104 cm³/mol. The molecule has 2 atom stereocenters. The molecule has 0 N–H and O–H groups in total. The molecule has 2 unspecified atom stereocenters. The van der Waals surface area contributed by atoms with Gasteiger partial charge in [0.1, 0.15) is 0 Å². The topological polar surface area (TPSA) is 56.8 Å². The highest BCUT2D eigenvalue weighted by Crippen LogP contribution is 2.35. The highest BCUT2D eigenvalue weighted by atomic mass is 35.5. The lowest BCUT2D eigenvalue weighted by molar-refractivity contribution is 0.122. The first-order valence-electron chi connectivity index (χ1n) is 9.34. The van der Waals surface area contributed by atoms with Gasteiger partial charge in [-0.1, -0.05) is 17.7 Å². The summed E-state index contributed by atoms with van der Waals surface area (Å²) in [6, 6.07) is 8.97. The maximum atomic E-state index is 6.02. The lowest BCUT2D eigenvalue weighted by atomic mass is 9.89. The zero-order valence-corrected chi connectivity index (χ0v) is 15.9. The third kappa shape index (κ3) is 3.18.